The molecule has 1 saturated carbocycles. The smallest absolute Gasteiger partial charge is 0.156 e. The van der Waals surface area contributed by atoms with Crippen LogP contribution in [0.3, 0.4) is 0 Å². The van der Waals surface area contributed by atoms with E-state index in [1.54, 1.807) is 0 Å². The first-order valence-corrected chi connectivity index (χ1v) is 15.5. The van der Waals surface area contributed by atoms with Crippen molar-refractivity contribution in [3.8, 4) is 11.1 Å². The van der Waals surface area contributed by atoms with E-state index in [4.69, 9.17) is 0 Å². The van der Waals surface area contributed by atoms with Crippen molar-refractivity contribution in [2.45, 2.75) is 95.9 Å². The van der Waals surface area contributed by atoms with Crippen LogP contribution in [0.1, 0.15) is 89.7 Å². The minimum absolute atomic E-state index is 0.0140. The van der Waals surface area contributed by atoms with E-state index in [0.29, 0.717) is 0 Å². The van der Waals surface area contributed by atoms with Gasteiger partial charge in [-0.05, 0) is 106 Å². The Morgan fingerprint density at radius 1 is 0.900 bits per heavy atom. The molecule has 2 aromatic rings. The fraction of sp³-hybridized carbons (Fsp3) is 0.543. The van der Waals surface area contributed by atoms with Crippen LogP contribution in [-0.2, 0) is 0 Å². The van der Waals surface area contributed by atoms with Crippen LogP contribution < -0.4 is 0 Å². The zero-order chi connectivity index (χ0) is 28.1. The summed E-state index contributed by atoms with van der Waals surface area (Å²) in [6.07, 6.45) is 17.4. The molecule has 0 radical (unpaired) electrons. The molecule has 1 saturated heterocycles. The standard InChI is InChI=1S/C35H47FN2O2/c1-26(32-8-5-6-9-33(32)29-15-17-30(36)18-16-29)38-23-7-3-4-10-34(38)35(2,40)37-24-21-28(22-25-37)12-11-27-13-19-31(39)20-14-27/h5-10,15-18,23,26-28,31,39-40H,3-4,11-14,19-22,24-25H2,1-2H3. The molecule has 2 heterocycles. The average molecular weight is 547 g/mol. The SMILES string of the molecule is CC(c1ccccc1-c1ccc(F)cc1)N1C=CCCC=C1C(C)(O)N1CCC(CCC2CCC(O)CC2)CC1. The summed E-state index contributed by atoms with van der Waals surface area (Å²) >= 11 is 0. The zero-order valence-electron chi connectivity index (χ0n) is 24.3. The van der Waals surface area contributed by atoms with Crippen molar-refractivity contribution in [2.24, 2.45) is 11.8 Å². The Hall–Kier alpha value is -2.47. The lowest BCUT2D eigenvalue weighted by atomic mass is 9.81. The highest BCUT2D eigenvalue weighted by atomic mass is 19.1. The minimum atomic E-state index is -1.07. The van der Waals surface area contributed by atoms with Gasteiger partial charge in [0.15, 0.2) is 5.72 Å². The van der Waals surface area contributed by atoms with Gasteiger partial charge in [0.1, 0.15) is 5.82 Å². The van der Waals surface area contributed by atoms with Crippen LogP contribution in [0.25, 0.3) is 11.1 Å². The number of allylic oxidation sites excluding steroid dienone is 2. The van der Waals surface area contributed by atoms with Gasteiger partial charge in [0.05, 0.1) is 17.8 Å². The normalized spacial score (nSPS) is 25.2. The summed E-state index contributed by atoms with van der Waals surface area (Å²) in [7, 11) is 0. The Labute approximate surface area is 240 Å². The first-order chi connectivity index (χ1) is 19.3. The Balaban J connectivity index is 1.28. The second-order valence-electron chi connectivity index (χ2n) is 12.4. The Morgan fingerprint density at radius 3 is 2.25 bits per heavy atom. The van der Waals surface area contributed by atoms with Crippen LogP contribution in [0.15, 0.2) is 72.6 Å². The molecule has 2 unspecified atom stereocenters. The molecule has 5 heteroatoms. The van der Waals surface area contributed by atoms with Gasteiger partial charge in [0.25, 0.3) is 0 Å². The van der Waals surface area contributed by atoms with Crippen LogP contribution >= 0.6 is 0 Å². The summed E-state index contributed by atoms with van der Waals surface area (Å²) in [6.45, 7) is 5.96. The van der Waals surface area contributed by atoms with Gasteiger partial charge in [-0.1, -0.05) is 61.4 Å². The molecule has 40 heavy (non-hydrogen) atoms. The van der Waals surface area contributed by atoms with Crippen LogP contribution in [0.2, 0.25) is 0 Å². The van der Waals surface area contributed by atoms with E-state index in [1.807, 2.05) is 25.1 Å². The molecule has 2 N–H and O–H groups in total. The molecule has 216 valence electrons. The van der Waals surface area contributed by atoms with E-state index in [1.165, 1.54) is 37.8 Å². The monoisotopic (exact) mass is 546 g/mol. The van der Waals surface area contributed by atoms with Gasteiger partial charge in [-0.3, -0.25) is 4.90 Å². The summed E-state index contributed by atoms with van der Waals surface area (Å²) in [5.41, 5.74) is 3.10. The molecular formula is C35H47FN2O2. The fourth-order valence-electron chi connectivity index (χ4n) is 7.09. The number of hydrogen-bond acceptors (Lipinski definition) is 4. The molecule has 0 aromatic heterocycles. The number of likely N-dealkylation sites (tertiary alicyclic amines) is 1. The van der Waals surface area contributed by atoms with Crippen molar-refractivity contribution in [3.63, 3.8) is 0 Å². The van der Waals surface area contributed by atoms with E-state index >= 15 is 0 Å². The molecule has 2 fully saturated rings. The minimum Gasteiger partial charge on any atom is -0.393 e. The third-order valence-corrected chi connectivity index (χ3v) is 9.71. The topological polar surface area (TPSA) is 46.9 Å². The molecule has 0 spiro atoms. The predicted octanol–water partition coefficient (Wildman–Crippen LogP) is 7.80. The van der Waals surface area contributed by atoms with Gasteiger partial charge < -0.3 is 15.1 Å². The second kappa shape index (κ2) is 13.0. The molecule has 2 aliphatic heterocycles. The van der Waals surface area contributed by atoms with Gasteiger partial charge in [-0.25, -0.2) is 4.39 Å². The van der Waals surface area contributed by atoms with Crippen molar-refractivity contribution < 1.29 is 14.6 Å². The molecule has 0 amide bonds. The number of aliphatic hydroxyl groups is 2. The van der Waals surface area contributed by atoms with Gasteiger partial charge in [0, 0.05) is 19.3 Å². The maximum Gasteiger partial charge on any atom is 0.156 e. The molecule has 2 atom stereocenters. The van der Waals surface area contributed by atoms with E-state index in [2.05, 4.69) is 53.3 Å². The van der Waals surface area contributed by atoms with Gasteiger partial charge in [-0.2, -0.15) is 0 Å². The van der Waals surface area contributed by atoms with E-state index < -0.39 is 5.72 Å². The summed E-state index contributed by atoms with van der Waals surface area (Å²) in [4.78, 5) is 4.52. The number of halogens is 1. The largest absolute Gasteiger partial charge is 0.393 e. The highest BCUT2D eigenvalue weighted by Crippen LogP contribution is 2.40. The lowest BCUT2D eigenvalue weighted by Crippen LogP contribution is -2.54. The number of hydrogen-bond donors (Lipinski definition) is 2. The van der Waals surface area contributed by atoms with Crippen LogP contribution in [0.5, 0.6) is 0 Å². The van der Waals surface area contributed by atoms with Gasteiger partial charge >= 0.3 is 0 Å². The van der Waals surface area contributed by atoms with Crippen LogP contribution in [-0.4, -0.2) is 44.9 Å². The second-order valence-corrected chi connectivity index (χ2v) is 12.4. The number of benzene rings is 2. The molecule has 1 aliphatic carbocycles. The van der Waals surface area contributed by atoms with Gasteiger partial charge in [-0.15, -0.1) is 0 Å². The number of aliphatic hydroxyl groups excluding tert-OH is 1. The van der Waals surface area contributed by atoms with Crippen molar-refractivity contribution >= 4 is 0 Å². The van der Waals surface area contributed by atoms with Crippen molar-refractivity contribution in [2.75, 3.05) is 13.1 Å². The predicted molar refractivity (Wildman–Crippen MR) is 161 cm³/mol. The lowest BCUT2D eigenvalue weighted by molar-refractivity contribution is -0.0935. The van der Waals surface area contributed by atoms with E-state index in [9.17, 15) is 14.6 Å². The molecular weight excluding hydrogens is 499 g/mol. The number of rotatable bonds is 8. The van der Waals surface area contributed by atoms with Crippen molar-refractivity contribution in [1.82, 2.24) is 9.80 Å². The molecule has 0 bridgehead atoms. The van der Waals surface area contributed by atoms with E-state index in [0.717, 1.165) is 85.8 Å². The first-order valence-electron chi connectivity index (χ1n) is 15.5. The summed E-state index contributed by atoms with van der Waals surface area (Å²) in [5, 5.41) is 21.9. The lowest BCUT2D eigenvalue weighted by Gasteiger charge is -2.46. The number of nitrogens with zero attached hydrogens (tertiary/aromatic N) is 2. The summed E-state index contributed by atoms with van der Waals surface area (Å²) < 4.78 is 13.7. The Kier molecular flexibility index (Phi) is 9.45. The molecule has 5 rings (SSSR count). The molecule has 4 nitrogen and oxygen atoms in total. The van der Waals surface area contributed by atoms with Crippen LogP contribution in [0, 0.1) is 17.7 Å². The van der Waals surface area contributed by atoms with E-state index in [-0.39, 0.29) is 18.0 Å². The Bertz CT molecular complexity index is 1160. The van der Waals surface area contributed by atoms with Gasteiger partial charge in [0.2, 0.25) is 0 Å². The maximum absolute atomic E-state index is 13.7. The average Bonchev–Trinajstić information content (AvgIpc) is 3.24. The van der Waals surface area contributed by atoms with Crippen LogP contribution in [0.4, 0.5) is 4.39 Å². The Morgan fingerprint density at radius 2 is 1.55 bits per heavy atom. The quantitative estimate of drug-likeness (QED) is 0.355. The van der Waals surface area contributed by atoms with Crippen molar-refractivity contribution in [3.05, 3.63) is 84.0 Å². The highest BCUT2D eigenvalue weighted by Gasteiger charge is 2.39. The third-order valence-electron chi connectivity index (χ3n) is 9.71. The fourth-order valence-corrected chi connectivity index (χ4v) is 7.09. The van der Waals surface area contributed by atoms with Crippen molar-refractivity contribution in [1.29, 1.82) is 0 Å². The first kappa shape index (κ1) is 29.0. The number of piperidine rings is 1. The maximum atomic E-state index is 13.7. The zero-order valence-corrected chi connectivity index (χ0v) is 24.3. The molecule has 3 aliphatic rings. The summed E-state index contributed by atoms with van der Waals surface area (Å²) in [5.74, 6) is 1.27. The third kappa shape index (κ3) is 6.70. The highest BCUT2D eigenvalue weighted by molar-refractivity contribution is 5.68. The summed E-state index contributed by atoms with van der Waals surface area (Å²) in [6, 6.07) is 15.0. The molecule has 2 aromatic carbocycles.